The van der Waals surface area contributed by atoms with Crippen molar-refractivity contribution in [2.45, 2.75) is 18.7 Å². The minimum absolute atomic E-state index is 0.00400. The maximum absolute atomic E-state index is 11.1. The van der Waals surface area contributed by atoms with E-state index in [2.05, 4.69) is 20.9 Å². The zero-order chi connectivity index (χ0) is 9.84. The standard InChI is InChI=1S/C8H10BrNO3/c1-3-12-8(11)6-4-10-7(13-6)5(2)9/h4-5H,3H2,1-2H3. The van der Waals surface area contributed by atoms with E-state index in [0.29, 0.717) is 12.5 Å². The molecule has 0 aliphatic rings. The van der Waals surface area contributed by atoms with Crippen LogP contribution in [-0.4, -0.2) is 17.6 Å². The second kappa shape index (κ2) is 4.41. The molecular weight excluding hydrogens is 238 g/mol. The first-order chi connectivity index (χ1) is 6.15. The molecule has 1 atom stereocenters. The smallest absolute Gasteiger partial charge is 0.375 e. The summed E-state index contributed by atoms with van der Waals surface area (Å²) in [6.45, 7) is 3.93. The van der Waals surface area contributed by atoms with Gasteiger partial charge in [-0.1, -0.05) is 15.9 Å². The van der Waals surface area contributed by atoms with Crippen LogP contribution >= 0.6 is 15.9 Å². The van der Waals surface area contributed by atoms with Crippen molar-refractivity contribution in [3.05, 3.63) is 17.8 Å². The topological polar surface area (TPSA) is 52.3 Å². The SMILES string of the molecule is CCOC(=O)c1cnc(C(C)Br)o1. The van der Waals surface area contributed by atoms with Crippen LogP contribution < -0.4 is 0 Å². The summed E-state index contributed by atoms with van der Waals surface area (Å²) >= 11 is 3.28. The summed E-state index contributed by atoms with van der Waals surface area (Å²) in [6, 6.07) is 0. The van der Waals surface area contributed by atoms with Crippen LogP contribution in [0.15, 0.2) is 10.6 Å². The first kappa shape index (κ1) is 10.2. The van der Waals surface area contributed by atoms with E-state index < -0.39 is 5.97 Å². The number of hydrogen-bond acceptors (Lipinski definition) is 4. The molecule has 4 nitrogen and oxygen atoms in total. The summed E-state index contributed by atoms with van der Waals surface area (Å²) in [5.41, 5.74) is 0. The highest BCUT2D eigenvalue weighted by Crippen LogP contribution is 2.21. The highest BCUT2D eigenvalue weighted by molar-refractivity contribution is 9.09. The van der Waals surface area contributed by atoms with Crippen molar-refractivity contribution in [1.82, 2.24) is 4.98 Å². The molecular formula is C8H10BrNO3. The highest BCUT2D eigenvalue weighted by Gasteiger charge is 2.15. The van der Waals surface area contributed by atoms with Crippen molar-refractivity contribution in [2.75, 3.05) is 6.61 Å². The minimum atomic E-state index is -0.477. The molecule has 5 heteroatoms. The van der Waals surface area contributed by atoms with Crippen LogP contribution in [0.4, 0.5) is 0 Å². The Bertz CT molecular complexity index is 295. The summed E-state index contributed by atoms with van der Waals surface area (Å²) < 4.78 is 9.86. The van der Waals surface area contributed by atoms with Crippen LogP contribution in [0.1, 0.15) is 35.1 Å². The Kier molecular flexibility index (Phi) is 3.48. The number of rotatable bonds is 3. The summed E-state index contributed by atoms with van der Waals surface area (Å²) in [5.74, 6) is 0.139. The van der Waals surface area contributed by atoms with Crippen molar-refractivity contribution in [3.63, 3.8) is 0 Å². The molecule has 1 rings (SSSR count). The van der Waals surface area contributed by atoms with Crippen molar-refractivity contribution < 1.29 is 13.9 Å². The largest absolute Gasteiger partial charge is 0.460 e. The van der Waals surface area contributed by atoms with E-state index >= 15 is 0 Å². The van der Waals surface area contributed by atoms with Gasteiger partial charge in [-0.05, 0) is 13.8 Å². The Morgan fingerprint density at radius 3 is 3.00 bits per heavy atom. The van der Waals surface area contributed by atoms with Gasteiger partial charge in [-0.25, -0.2) is 9.78 Å². The number of halogens is 1. The Morgan fingerprint density at radius 1 is 1.85 bits per heavy atom. The molecule has 1 aromatic rings. The molecule has 1 aromatic heterocycles. The molecule has 0 N–H and O–H groups in total. The second-order valence-corrected chi connectivity index (χ2v) is 3.77. The van der Waals surface area contributed by atoms with Crippen LogP contribution in [0, 0.1) is 0 Å². The first-order valence-corrected chi connectivity index (χ1v) is 4.83. The molecule has 0 spiro atoms. The monoisotopic (exact) mass is 247 g/mol. The van der Waals surface area contributed by atoms with Crippen LogP contribution in [0.25, 0.3) is 0 Å². The van der Waals surface area contributed by atoms with E-state index in [0.717, 1.165) is 0 Å². The van der Waals surface area contributed by atoms with Crippen LogP contribution in [0.2, 0.25) is 0 Å². The van der Waals surface area contributed by atoms with E-state index in [1.165, 1.54) is 6.20 Å². The Balaban J connectivity index is 2.73. The Hall–Kier alpha value is -0.840. The first-order valence-electron chi connectivity index (χ1n) is 3.92. The fourth-order valence-electron chi connectivity index (χ4n) is 0.768. The van der Waals surface area contributed by atoms with E-state index in [1.807, 2.05) is 6.92 Å². The molecule has 13 heavy (non-hydrogen) atoms. The van der Waals surface area contributed by atoms with Gasteiger partial charge in [0.2, 0.25) is 11.7 Å². The van der Waals surface area contributed by atoms with Gasteiger partial charge in [-0.2, -0.15) is 0 Å². The third-order valence-electron chi connectivity index (χ3n) is 1.34. The van der Waals surface area contributed by atoms with Gasteiger partial charge < -0.3 is 9.15 Å². The van der Waals surface area contributed by atoms with Crippen molar-refractivity contribution in [1.29, 1.82) is 0 Å². The number of oxazole rings is 1. The number of carbonyl (C=O) groups excluding carboxylic acids is 1. The molecule has 72 valence electrons. The number of nitrogens with zero attached hydrogens (tertiary/aromatic N) is 1. The van der Waals surface area contributed by atoms with E-state index in [1.54, 1.807) is 6.92 Å². The third kappa shape index (κ3) is 2.55. The van der Waals surface area contributed by atoms with Crippen LogP contribution in [0.3, 0.4) is 0 Å². The zero-order valence-electron chi connectivity index (χ0n) is 7.41. The molecule has 0 aliphatic heterocycles. The zero-order valence-corrected chi connectivity index (χ0v) is 9.00. The highest BCUT2D eigenvalue weighted by atomic mass is 79.9. The molecule has 1 unspecified atom stereocenters. The van der Waals surface area contributed by atoms with Crippen molar-refractivity contribution in [2.24, 2.45) is 0 Å². The fraction of sp³-hybridized carbons (Fsp3) is 0.500. The number of carbonyl (C=O) groups is 1. The van der Waals surface area contributed by atoms with Crippen molar-refractivity contribution >= 4 is 21.9 Å². The molecule has 0 saturated carbocycles. The van der Waals surface area contributed by atoms with Gasteiger partial charge in [0.15, 0.2) is 0 Å². The lowest BCUT2D eigenvalue weighted by Crippen LogP contribution is -2.02. The predicted molar refractivity (Wildman–Crippen MR) is 49.8 cm³/mol. The van der Waals surface area contributed by atoms with E-state index in [4.69, 9.17) is 9.15 Å². The summed E-state index contributed by atoms with van der Waals surface area (Å²) in [6.07, 6.45) is 1.37. The normalized spacial score (nSPS) is 12.5. The maximum atomic E-state index is 11.1. The van der Waals surface area contributed by atoms with Crippen molar-refractivity contribution in [3.8, 4) is 0 Å². The Morgan fingerprint density at radius 2 is 2.54 bits per heavy atom. The van der Waals surface area contributed by atoms with Crippen LogP contribution in [-0.2, 0) is 4.74 Å². The van der Waals surface area contributed by atoms with Crippen LogP contribution in [0.5, 0.6) is 0 Å². The number of hydrogen-bond donors (Lipinski definition) is 0. The van der Waals surface area contributed by atoms with Gasteiger partial charge >= 0.3 is 5.97 Å². The number of ether oxygens (including phenoxy) is 1. The molecule has 0 aromatic carbocycles. The second-order valence-electron chi connectivity index (χ2n) is 2.40. The van der Waals surface area contributed by atoms with E-state index in [-0.39, 0.29) is 10.6 Å². The van der Waals surface area contributed by atoms with Gasteiger partial charge in [-0.3, -0.25) is 0 Å². The van der Waals surface area contributed by atoms with Gasteiger partial charge in [0.1, 0.15) is 0 Å². The predicted octanol–water partition coefficient (Wildman–Crippen LogP) is 2.31. The maximum Gasteiger partial charge on any atom is 0.375 e. The fourth-order valence-corrected chi connectivity index (χ4v) is 0.980. The molecule has 0 bridgehead atoms. The van der Waals surface area contributed by atoms with E-state index in [9.17, 15) is 4.79 Å². The summed E-state index contributed by atoms with van der Waals surface area (Å²) in [4.78, 5) is 15.0. The van der Waals surface area contributed by atoms with Gasteiger partial charge in [0, 0.05) is 0 Å². The molecule has 0 saturated heterocycles. The van der Waals surface area contributed by atoms with Gasteiger partial charge in [0.25, 0.3) is 0 Å². The Labute approximate surface area is 84.4 Å². The van der Waals surface area contributed by atoms with Gasteiger partial charge in [-0.15, -0.1) is 0 Å². The number of esters is 1. The average molecular weight is 248 g/mol. The molecule has 1 heterocycles. The number of alkyl halides is 1. The lowest BCUT2D eigenvalue weighted by atomic mass is 10.5. The third-order valence-corrected chi connectivity index (χ3v) is 1.73. The number of aromatic nitrogens is 1. The summed E-state index contributed by atoms with van der Waals surface area (Å²) in [5, 5.41) is 0. The molecule has 0 aliphatic carbocycles. The summed E-state index contributed by atoms with van der Waals surface area (Å²) in [7, 11) is 0. The quantitative estimate of drug-likeness (QED) is 0.608. The lowest BCUT2D eigenvalue weighted by Gasteiger charge is -1.96. The molecule has 0 amide bonds. The lowest BCUT2D eigenvalue weighted by molar-refractivity contribution is 0.0488. The minimum Gasteiger partial charge on any atom is -0.460 e. The molecule has 0 fully saturated rings. The average Bonchev–Trinajstić information content (AvgIpc) is 2.52. The molecule has 0 radical (unpaired) electrons. The van der Waals surface area contributed by atoms with Gasteiger partial charge in [0.05, 0.1) is 17.6 Å².